The van der Waals surface area contributed by atoms with Crippen LogP contribution in [0.2, 0.25) is 5.02 Å². The van der Waals surface area contributed by atoms with Crippen LogP contribution in [0.1, 0.15) is 12.0 Å². The van der Waals surface area contributed by atoms with Crippen molar-refractivity contribution in [1.82, 2.24) is 4.90 Å². The van der Waals surface area contributed by atoms with E-state index in [4.69, 9.17) is 11.6 Å². The fraction of sp³-hybridized carbons (Fsp3) is 0.467. The molecule has 0 aliphatic carbocycles. The average Bonchev–Trinajstić information content (AvgIpc) is 2.86. The molecule has 1 aliphatic rings. The zero-order chi connectivity index (χ0) is 17.0. The lowest BCUT2D eigenvalue weighted by molar-refractivity contribution is -0.148. The molecule has 1 saturated heterocycles. The Morgan fingerprint density at radius 3 is 2.48 bits per heavy atom. The first-order valence-corrected chi connectivity index (χ1v) is 9.32. The van der Waals surface area contributed by atoms with Crippen molar-refractivity contribution in [2.45, 2.75) is 18.9 Å². The number of rotatable bonds is 5. The van der Waals surface area contributed by atoms with E-state index < -0.39 is 21.8 Å². The summed E-state index contributed by atoms with van der Waals surface area (Å²) in [5, 5.41) is 0.564. The van der Waals surface area contributed by atoms with Crippen molar-refractivity contribution in [3.63, 3.8) is 0 Å². The quantitative estimate of drug-likeness (QED) is 0.735. The summed E-state index contributed by atoms with van der Waals surface area (Å²) in [4.78, 5) is 25.4. The molecule has 1 amide bonds. The smallest absolute Gasteiger partial charge is 0.325 e. The second-order valence-corrected chi connectivity index (χ2v) is 8.12. The maximum absolute atomic E-state index is 12.5. The maximum Gasteiger partial charge on any atom is 0.325 e. The van der Waals surface area contributed by atoms with Crippen LogP contribution in [0, 0.1) is 0 Å². The standard InChI is InChI=1S/C15H18ClNO5S/c1-22-15(19)9-17(13-6-7-23(20,21)10-13)14(18)8-11-2-4-12(16)5-3-11/h2-5,13H,6-10H2,1H3. The van der Waals surface area contributed by atoms with E-state index in [0.717, 1.165) is 5.56 Å². The van der Waals surface area contributed by atoms with Crippen LogP contribution in [0.3, 0.4) is 0 Å². The first kappa shape index (κ1) is 17.7. The predicted octanol–water partition coefficient (Wildman–Crippen LogP) is 1.07. The van der Waals surface area contributed by atoms with E-state index in [9.17, 15) is 18.0 Å². The fourth-order valence-electron chi connectivity index (χ4n) is 2.52. The van der Waals surface area contributed by atoms with Crippen LogP contribution >= 0.6 is 11.6 Å². The number of sulfone groups is 1. The molecular weight excluding hydrogens is 342 g/mol. The molecule has 1 aliphatic heterocycles. The Morgan fingerprint density at radius 1 is 1.30 bits per heavy atom. The number of nitrogens with zero attached hydrogens (tertiary/aromatic N) is 1. The van der Waals surface area contributed by atoms with Gasteiger partial charge < -0.3 is 9.64 Å². The zero-order valence-corrected chi connectivity index (χ0v) is 14.3. The Hall–Kier alpha value is -1.60. The number of benzene rings is 1. The number of hydrogen-bond donors (Lipinski definition) is 0. The molecule has 1 heterocycles. The minimum absolute atomic E-state index is 0.0313. The molecule has 0 spiro atoms. The van der Waals surface area contributed by atoms with Crippen LogP contribution in [0.15, 0.2) is 24.3 Å². The summed E-state index contributed by atoms with van der Waals surface area (Å²) in [6.45, 7) is -0.247. The maximum atomic E-state index is 12.5. The molecule has 126 valence electrons. The van der Waals surface area contributed by atoms with Gasteiger partial charge >= 0.3 is 5.97 Å². The van der Waals surface area contributed by atoms with Crippen molar-refractivity contribution in [2.24, 2.45) is 0 Å². The third-order valence-corrected chi connectivity index (χ3v) is 5.77. The molecule has 2 rings (SSSR count). The third kappa shape index (κ3) is 4.94. The van der Waals surface area contributed by atoms with E-state index in [1.807, 2.05) is 0 Å². The minimum Gasteiger partial charge on any atom is -0.468 e. The molecule has 1 atom stereocenters. The van der Waals surface area contributed by atoms with Crippen molar-refractivity contribution in [3.8, 4) is 0 Å². The largest absolute Gasteiger partial charge is 0.468 e. The van der Waals surface area contributed by atoms with Gasteiger partial charge in [-0.2, -0.15) is 0 Å². The first-order chi connectivity index (χ1) is 10.8. The highest BCUT2D eigenvalue weighted by atomic mass is 35.5. The highest BCUT2D eigenvalue weighted by Gasteiger charge is 2.35. The molecule has 1 fully saturated rings. The monoisotopic (exact) mass is 359 g/mol. The highest BCUT2D eigenvalue weighted by molar-refractivity contribution is 7.91. The zero-order valence-electron chi connectivity index (χ0n) is 12.7. The van der Waals surface area contributed by atoms with E-state index >= 15 is 0 Å². The van der Waals surface area contributed by atoms with Crippen LogP contribution in [0.5, 0.6) is 0 Å². The van der Waals surface area contributed by atoms with Gasteiger partial charge in [0.05, 0.1) is 25.0 Å². The van der Waals surface area contributed by atoms with Crippen LogP contribution in [-0.4, -0.2) is 56.4 Å². The Bertz CT molecular complexity index is 686. The lowest BCUT2D eigenvalue weighted by Crippen LogP contribution is -2.45. The number of carbonyl (C=O) groups excluding carboxylic acids is 2. The van der Waals surface area contributed by atoms with E-state index in [0.29, 0.717) is 11.4 Å². The summed E-state index contributed by atoms with van der Waals surface area (Å²) in [6.07, 6.45) is 0.413. The van der Waals surface area contributed by atoms with Crippen molar-refractivity contribution >= 4 is 33.3 Å². The minimum atomic E-state index is -3.16. The van der Waals surface area contributed by atoms with Crippen molar-refractivity contribution < 1.29 is 22.7 Å². The molecule has 1 aromatic carbocycles. The van der Waals surface area contributed by atoms with Gasteiger partial charge in [0.1, 0.15) is 6.54 Å². The van der Waals surface area contributed by atoms with Crippen LogP contribution in [0.4, 0.5) is 0 Å². The summed E-state index contributed by atoms with van der Waals surface area (Å²) < 4.78 is 27.9. The van der Waals surface area contributed by atoms with Crippen LogP contribution in [-0.2, 0) is 30.6 Å². The Balaban J connectivity index is 2.13. The number of amides is 1. The molecule has 1 unspecified atom stereocenters. The van der Waals surface area contributed by atoms with Gasteiger partial charge in [0.15, 0.2) is 9.84 Å². The van der Waals surface area contributed by atoms with Crippen molar-refractivity contribution in [1.29, 1.82) is 0 Å². The molecule has 0 bridgehead atoms. The second-order valence-electron chi connectivity index (χ2n) is 5.46. The summed E-state index contributed by atoms with van der Waals surface area (Å²) in [6, 6.07) is 6.31. The number of methoxy groups -OCH3 is 1. The van der Waals surface area contributed by atoms with Crippen LogP contribution in [0.25, 0.3) is 0 Å². The van der Waals surface area contributed by atoms with Crippen LogP contribution < -0.4 is 0 Å². The SMILES string of the molecule is COC(=O)CN(C(=O)Cc1ccc(Cl)cc1)C1CCS(=O)(=O)C1. The fourth-order valence-corrected chi connectivity index (χ4v) is 4.38. The number of halogens is 1. The summed E-state index contributed by atoms with van der Waals surface area (Å²) in [7, 11) is -1.93. The summed E-state index contributed by atoms with van der Waals surface area (Å²) >= 11 is 5.81. The summed E-state index contributed by atoms with van der Waals surface area (Å²) in [5.41, 5.74) is 0.745. The molecule has 0 N–H and O–H groups in total. The van der Waals surface area contributed by atoms with E-state index in [-0.39, 0.29) is 30.4 Å². The molecule has 8 heteroatoms. The lowest BCUT2D eigenvalue weighted by atomic mass is 10.1. The molecular formula is C15H18ClNO5S. The number of carbonyl (C=O) groups is 2. The van der Waals surface area contributed by atoms with Crippen molar-refractivity contribution in [2.75, 3.05) is 25.2 Å². The van der Waals surface area contributed by atoms with Gasteiger partial charge in [-0.3, -0.25) is 9.59 Å². The molecule has 6 nitrogen and oxygen atoms in total. The van der Waals surface area contributed by atoms with Gasteiger partial charge in [-0.05, 0) is 24.1 Å². The molecule has 23 heavy (non-hydrogen) atoms. The second kappa shape index (κ2) is 7.31. The Morgan fingerprint density at radius 2 is 1.96 bits per heavy atom. The highest BCUT2D eigenvalue weighted by Crippen LogP contribution is 2.19. The molecule has 0 radical (unpaired) electrons. The number of esters is 1. The van der Waals surface area contributed by atoms with Gasteiger partial charge in [0.25, 0.3) is 0 Å². The number of ether oxygens (including phenoxy) is 1. The lowest BCUT2D eigenvalue weighted by Gasteiger charge is -2.27. The van der Waals surface area contributed by atoms with Gasteiger partial charge in [0.2, 0.25) is 5.91 Å². The third-order valence-electron chi connectivity index (χ3n) is 3.77. The Kier molecular flexibility index (Phi) is 5.64. The Labute approximate surface area is 140 Å². The molecule has 1 aromatic rings. The van der Waals surface area contributed by atoms with E-state index in [2.05, 4.69) is 4.74 Å². The first-order valence-electron chi connectivity index (χ1n) is 7.12. The number of hydrogen-bond acceptors (Lipinski definition) is 5. The normalized spacial score (nSPS) is 19.3. The van der Waals surface area contributed by atoms with Gasteiger partial charge in [-0.25, -0.2) is 8.42 Å². The van der Waals surface area contributed by atoms with E-state index in [1.165, 1.54) is 12.0 Å². The molecule has 0 saturated carbocycles. The van der Waals surface area contributed by atoms with Gasteiger partial charge in [0, 0.05) is 11.1 Å². The summed E-state index contributed by atoms with van der Waals surface area (Å²) in [5.74, 6) is -0.960. The topological polar surface area (TPSA) is 80.8 Å². The predicted molar refractivity (Wildman–Crippen MR) is 85.9 cm³/mol. The molecule has 0 aromatic heterocycles. The average molecular weight is 360 g/mol. The van der Waals surface area contributed by atoms with Gasteiger partial charge in [-0.1, -0.05) is 23.7 Å². The van der Waals surface area contributed by atoms with Crippen molar-refractivity contribution in [3.05, 3.63) is 34.9 Å². The van der Waals surface area contributed by atoms with Gasteiger partial charge in [-0.15, -0.1) is 0 Å². The van der Waals surface area contributed by atoms with E-state index in [1.54, 1.807) is 24.3 Å².